The molecule has 68 valence electrons. The standard InChI is InChI=1S/C9H11N3O/c13-9(12-6-2-5-11-12)8-3-1-4-10-7-8/h1,3-4,7,11H,2,5-6H2. The summed E-state index contributed by atoms with van der Waals surface area (Å²) in [5.41, 5.74) is 3.65. The van der Waals surface area contributed by atoms with Crippen LogP contribution in [0.3, 0.4) is 0 Å². The van der Waals surface area contributed by atoms with Gasteiger partial charge in [0.2, 0.25) is 0 Å². The van der Waals surface area contributed by atoms with Gasteiger partial charge in [-0.1, -0.05) is 0 Å². The third kappa shape index (κ3) is 1.67. The Morgan fingerprint density at radius 2 is 2.54 bits per heavy atom. The normalized spacial score (nSPS) is 16.2. The number of hydrogen-bond donors (Lipinski definition) is 1. The fourth-order valence-electron chi connectivity index (χ4n) is 1.35. The van der Waals surface area contributed by atoms with Gasteiger partial charge < -0.3 is 0 Å². The van der Waals surface area contributed by atoms with Gasteiger partial charge in [-0.2, -0.15) is 0 Å². The molecule has 1 amide bonds. The quantitative estimate of drug-likeness (QED) is 0.676. The summed E-state index contributed by atoms with van der Waals surface area (Å²) >= 11 is 0. The average Bonchev–Trinajstić information content (AvgIpc) is 2.71. The van der Waals surface area contributed by atoms with Crippen LogP contribution in [0.25, 0.3) is 0 Å². The van der Waals surface area contributed by atoms with Crippen molar-refractivity contribution < 1.29 is 4.79 Å². The second kappa shape index (κ2) is 3.53. The van der Waals surface area contributed by atoms with Crippen LogP contribution >= 0.6 is 0 Å². The smallest absolute Gasteiger partial charge is 0.269 e. The fraction of sp³-hybridized carbons (Fsp3) is 0.333. The van der Waals surface area contributed by atoms with E-state index in [2.05, 4.69) is 10.4 Å². The van der Waals surface area contributed by atoms with Crippen molar-refractivity contribution in [3.05, 3.63) is 30.1 Å². The number of carbonyl (C=O) groups is 1. The van der Waals surface area contributed by atoms with E-state index in [1.54, 1.807) is 29.5 Å². The lowest BCUT2D eigenvalue weighted by atomic mass is 10.2. The van der Waals surface area contributed by atoms with Gasteiger partial charge in [-0.15, -0.1) is 0 Å². The number of amides is 1. The van der Waals surface area contributed by atoms with Crippen molar-refractivity contribution in [1.82, 2.24) is 15.4 Å². The second-order valence-electron chi connectivity index (χ2n) is 2.96. The number of nitrogens with zero attached hydrogens (tertiary/aromatic N) is 2. The van der Waals surface area contributed by atoms with E-state index in [4.69, 9.17) is 0 Å². The maximum Gasteiger partial charge on any atom is 0.269 e. The van der Waals surface area contributed by atoms with E-state index in [1.807, 2.05) is 0 Å². The molecule has 0 spiro atoms. The van der Waals surface area contributed by atoms with Gasteiger partial charge >= 0.3 is 0 Å². The molecule has 1 saturated heterocycles. The average molecular weight is 177 g/mol. The minimum Gasteiger partial charge on any atom is -0.274 e. The molecule has 1 aliphatic rings. The molecule has 0 aromatic carbocycles. The van der Waals surface area contributed by atoms with E-state index in [0.29, 0.717) is 5.56 Å². The molecule has 1 aliphatic heterocycles. The first-order valence-corrected chi connectivity index (χ1v) is 4.33. The molecule has 4 nitrogen and oxygen atoms in total. The van der Waals surface area contributed by atoms with Crippen LogP contribution in [0.2, 0.25) is 0 Å². The monoisotopic (exact) mass is 177 g/mol. The highest BCUT2D eigenvalue weighted by molar-refractivity contribution is 5.93. The van der Waals surface area contributed by atoms with E-state index in [0.717, 1.165) is 19.5 Å². The van der Waals surface area contributed by atoms with Gasteiger partial charge in [-0.05, 0) is 18.6 Å². The van der Waals surface area contributed by atoms with E-state index in [1.165, 1.54) is 0 Å². The lowest BCUT2D eigenvalue weighted by Crippen LogP contribution is -2.36. The Morgan fingerprint density at radius 3 is 3.15 bits per heavy atom. The van der Waals surface area contributed by atoms with E-state index in [9.17, 15) is 4.79 Å². The Kier molecular flexibility index (Phi) is 2.23. The lowest BCUT2D eigenvalue weighted by molar-refractivity contribution is 0.0726. The summed E-state index contributed by atoms with van der Waals surface area (Å²) in [7, 11) is 0. The van der Waals surface area contributed by atoms with Gasteiger partial charge in [0.05, 0.1) is 5.56 Å². The lowest BCUT2D eigenvalue weighted by Gasteiger charge is -2.14. The predicted molar refractivity (Wildman–Crippen MR) is 47.9 cm³/mol. The third-order valence-corrected chi connectivity index (χ3v) is 2.01. The molecule has 1 N–H and O–H groups in total. The van der Waals surface area contributed by atoms with Gasteiger partial charge in [0.1, 0.15) is 0 Å². The number of pyridine rings is 1. The van der Waals surface area contributed by atoms with Crippen molar-refractivity contribution in [2.75, 3.05) is 13.1 Å². The number of hydrazine groups is 1. The van der Waals surface area contributed by atoms with Gasteiger partial charge in [-0.25, -0.2) is 5.43 Å². The molecule has 1 aromatic rings. The zero-order valence-corrected chi connectivity index (χ0v) is 7.23. The minimum atomic E-state index is 0.00519. The molecule has 2 rings (SSSR count). The Labute approximate surface area is 76.5 Å². The Hall–Kier alpha value is -1.42. The minimum absolute atomic E-state index is 0.00519. The molecular formula is C9H11N3O. The van der Waals surface area contributed by atoms with Crippen molar-refractivity contribution >= 4 is 5.91 Å². The first kappa shape index (κ1) is 8.19. The summed E-state index contributed by atoms with van der Waals surface area (Å²) < 4.78 is 0. The van der Waals surface area contributed by atoms with E-state index in [-0.39, 0.29) is 5.91 Å². The van der Waals surface area contributed by atoms with Crippen molar-refractivity contribution in [3.63, 3.8) is 0 Å². The Bertz CT molecular complexity index is 293. The summed E-state index contributed by atoms with van der Waals surface area (Å²) in [6.45, 7) is 1.67. The van der Waals surface area contributed by atoms with Gasteiger partial charge in [0, 0.05) is 25.5 Å². The predicted octanol–water partition coefficient (Wildman–Crippen LogP) is 0.432. The first-order chi connectivity index (χ1) is 6.38. The second-order valence-corrected chi connectivity index (χ2v) is 2.96. The number of nitrogens with one attached hydrogen (secondary N) is 1. The first-order valence-electron chi connectivity index (χ1n) is 4.33. The van der Waals surface area contributed by atoms with Crippen molar-refractivity contribution in [3.8, 4) is 0 Å². The third-order valence-electron chi connectivity index (χ3n) is 2.01. The van der Waals surface area contributed by atoms with Crippen LogP contribution in [0.5, 0.6) is 0 Å². The van der Waals surface area contributed by atoms with Crippen molar-refractivity contribution in [2.45, 2.75) is 6.42 Å². The largest absolute Gasteiger partial charge is 0.274 e. The van der Waals surface area contributed by atoms with Gasteiger partial charge in [0.25, 0.3) is 5.91 Å². The molecule has 0 radical (unpaired) electrons. The van der Waals surface area contributed by atoms with Crippen molar-refractivity contribution in [2.24, 2.45) is 0 Å². The van der Waals surface area contributed by atoms with Crippen LogP contribution in [-0.2, 0) is 0 Å². The molecule has 0 aliphatic carbocycles. The molecule has 0 saturated carbocycles. The zero-order valence-electron chi connectivity index (χ0n) is 7.23. The molecule has 0 bridgehead atoms. The maximum atomic E-state index is 11.7. The van der Waals surface area contributed by atoms with Crippen LogP contribution in [-0.4, -0.2) is 29.0 Å². The van der Waals surface area contributed by atoms with Crippen LogP contribution in [0.15, 0.2) is 24.5 Å². The molecule has 0 atom stereocenters. The summed E-state index contributed by atoms with van der Waals surface area (Å²) in [6.07, 6.45) is 4.27. The molecular weight excluding hydrogens is 166 g/mol. The Balaban J connectivity index is 2.13. The van der Waals surface area contributed by atoms with Crippen LogP contribution in [0, 0.1) is 0 Å². The molecule has 2 heterocycles. The summed E-state index contributed by atoms with van der Waals surface area (Å²) in [5, 5.41) is 1.64. The molecule has 1 fully saturated rings. The van der Waals surface area contributed by atoms with Crippen LogP contribution in [0.1, 0.15) is 16.8 Å². The number of rotatable bonds is 1. The van der Waals surface area contributed by atoms with Gasteiger partial charge in [-0.3, -0.25) is 14.8 Å². The number of carbonyl (C=O) groups excluding carboxylic acids is 1. The van der Waals surface area contributed by atoms with E-state index < -0.39 is 0 Å². The summed E-state index contributed by atoms with van der Waals surface area (Å²) in [4.78, 5) is 15.6. The summed E-state index contributed by atoms with van der Waals surface area (Å²) in [5.74, 6) is 0.00519. The van der Waals surface area contributed by atoms with Crippen molar-refractivity contribution in [1.29, 1.82) is 0 Å². The summed E-state index contributed by atoms with van der Waals surface area (Å²) in [6, 6.07) is 3.54. The van der Waals surface area contributed by atoms with Gasteiger partial charge in [0.15, 0.2) is 0 Å². The molecule has 4 heteroatoms. The maximum absolute atomic E-state index is 11.7. The molecule has 0 unspecified atom stereocenters. The Morgan fingerprint density at radius 1 is 1.62 bits per heavy atom. The number of aromatic nitrogens is 1. The zero-order chi connectivity index (χ0) is 9.10. The number of hydrogen-bond acceptors (Lipinski definition) is 3. The van der Waals surface area contributed by atoms with Crippen LogP contribution < -0.4 is 5.43 Å². The van der Waals surface area contributed by atoms with Crippen LogP contribution in [0.4, 0.5) is 0 Å². The topological polar surface area (TPSA) is 45.2 Å². The highest BCUT2D eigenvalue weighted by Gasteiger charge is 2.18. The highest BCUT2D eigenvalue weighted by Crippen LogP contribution is 2.04. The molecule has 1 aromatic heterocycles. The SMILES string of the molecule is O=C(c1cccnc1)N1CCCN1. The van der Waals surface area contributed by atoms with E-state index >= 15 is 0 Å². The molecule has 13 heavy (non-hydrogen) atoms. The fourth-order valence-corrected chi connectivity index (χ4v) is 1.35. The highest BCUT2D eigenvalue weighted by atomic mass is 16.2.